The zero-order valence-electron chi connectivity index (χ0n) is 10.6. The topological polar surface area (TPSA) is 15.3 Å². The molecule has 0 aliphatic heterocycles. The zero-order valence-corrected chi connectivity index (χ0v) is 10.6. The van der Waals surface area contributed by atoms with Crippen LogP contribution in [0.2, 0.25) is 0 Å². The summed E-state index contributed by atoms with van der Waals surface area (Å²) >= 11 is 0. The molecule has 2 heteroatoms. The summed E-state index contributed by atoms with van der Waals surface area (Å²) < 4.78 is 0. The molecule has 1 N–H and O–H groups in total. The molecule has 0 aliphatic carbocycles. The Morgan fingerprint density at radius 2 is 2.19 bits per heavy atom. The van der Waals surface area contributed by atoms with Crippen molar-refractivity contribution in [1.29, 1.82) is 0 Å². The van der Waals surface area contributed by atoms with Gasteiger partial charge in [-0.1, -0.05) is 18.7 Å². The van der Waals surface area contributed by atoms with E-state index in [4.69, 9.17) is 0 Å². The molecule has 0 heterocycles. The molecule has 0 radical (unpaired) electrons. The first-order valence-corrected chi connectivity index (χ1v) is 5.80. The SMILES string of the molecule is C=C(CNC)CN(CC)c1cccc(C)c1. The maximum absolute atomic E-state index is 4.08. The van der Waals surface area contributed by atoms with Crippen LogP contribution in [0.3, 0.4) is 0 Å². The summed E-state index contributed by atoms with van der Waals surface area (Å²) in [5, 5.41) is 3.13. The van der Waals surface area contributed by atoms with Crippen LogP contribution in [0.4, 0.5) is 5.69 Å². The summed E-state index contributed by atoms with van der Waals surface area (Å²) in [5.41, 5.74) is 3.79. The molecule has 1 aromatic carbocycles. The monoisotopic (exact) mass is 218 g/mol. The number of aryl methyl sites for hydroxylation is 1. The van der Waals surface area contributed by atoms with Gasteiger partial charge in [-0.2, -0.15) is 0 Å². The number of anilines is 1. The second-order valence-corrected chi connectivity index (χ2v) is 4.13. The van der Waals surface area contributed by atoms with Crippen LogP contribution in [0, 0.1) is 6.92 Å². The standard InChI is InChI=1S/C14H22N2/c1-5-16(11-13(3)10-15-4)14-8-6-7-12(2)9-14/h6-9,15H,3,5,10-11H2,1-2,4H3. The Morgan fingerprint density at radius 1 is 1.44 bits per heavy atom. The smallest absolute Gasteiger partial charge is 0.0398 e. The first kappa shape index (κ1) is 12.8. The van der Waals surface area contributed by atoms with E-state index in [2.05, 4.69) is 54.9 Å². The van der Waals surface area contributed by atoms with Gasteiger partial charge >= 0.3 is 0 Å². The Bertz CT molecular complexity index is 344. The molecule has 2 nitrogen and oxygen atoms in total. The third-order valence-electron chi connectivity index (χ3n) is 2.59. The van der Waals surface area contributed by atoms with Crippen molar-refractivity contribution in [3.05, 3.63) is 42.0 Å². The summed E-state index contributed by atoms with van der Waals surface area (Å²) in [6.07, 6.45) is 0. The van der Waals surface area contributed by atoms with Gasteiger partial charge in [0.2, 0.25) is 0 Å². The van der Waals surface area contributed by atoms with E-state index in [-0.39, 0.29) is 0 Å². The molecule has 16 heavy (non-hydrogen) atoms. The molecule has 0 fully saturated rings. The van der Waals surface area contributed by atoms with Crippen LogP contribution in [0.25, 0.3) is 0 Å². The van der Waals surface area contributed by atoms with Gasteiger partial charge in [0.1, 0.15) is 0 Å². The average molecular weight is 218 g/mol. The Morgan fingerprint density at radius 3 is 2.75 bits per heavy atom. The van der Waals surface area contributed by atoms with E-state index in [1.165, 1.54) is 16.8 Å². The molecule has 0 saturated heterocycles. The Hall–Kier alpha value is -1.28. The predicted octanol–water partition coefficient (Wildman–Crippen LogP) is 2.60. The lowest BCUT2D eigenvalue weighted by Gasteiger charge is -2.24. The molecule has 0 atom stereocenters. The van der Waals surface area contributed by atoms with Gasteiger partial charge in [-0.15, -0.1) is 0 Å². The van der Waals surface area contributed by atoms with E-state index in [1.807, 2.05) is 7.05 Å². The van der Waals surface area contributed by atoms with Crippen molar-refractivity contribution in [2.24, 2.45) is 0 Å². The fourth-order valence-corrected chi connectivity index (χ4v) is 1.79. The summed E-state index contributed by atoms with van der Waals surface area (Å²) in [6.45, 7) is 11.2. The molecular formula is C14H22N2. The van der Waals surface area contributed by atoms with Crippen molar-refractivity contribution in [3.8, 4) is 0 Å². The van der Waals surface area contributed by atoms with Crippen molar-refractivity contribution < 1.29 is 0 Å². The van der Waals surface area contributed by atoms with E-state index in [1.54, 1.807) is 0 Å². The normalized spacial score (nSPS) is 10.2. The van der Waals surface area contributed by atoms with E-state index in [0.717, 1.165) is 19.6 Å². The number of hydrogen-bond acceptors (Lipinski definition) is 2. The molecular weight excluding hydrogens is 196 g/mol. The largest absolute Gasteiger partial charge is 0.368 e. The fraction of sp³-hybridized carbons (Fsp3) is 0.429. The molecule has 0 aromatic heterocycles. The van der Waals surface area contributed by atoms with E-state index in [0.29, 0.717) is 0 Å². The van der Waals surface area contributed by atoms with Gasteiger partial charge < -0.3 is 10.2 Å². The highest BCUT2D eigenvalue weighted by Crippen LogP contribution is 2.16. The molecule has 0 amide bonds. The maximum atomic E-state index is 4.08. The van der Waals surface area contributed by atoms with Gasteiger partial charge in [-0.05, 0) is 44.2 Å². The Labute approximate surface area is 99.0 Å². The minimum absolute atomic E-state index is 0.877. The highest BCUT2D eigenvalue weighted by atomic mass is 15.1. The van der Waals surface area contributed by atoms with Crippen LogP contribution in [0.5, 0.6) is 0 Å². The first-order chi connectivity index (χ1) is 7.67. The average Bonchev–Trinajstić information content (AvgIpc) is 2.26. The van der Waals surface area contributed by atoms with E-state index >= 15 is 0 Å². The Kier molecular flexibility index (Phi) is 5.06. The number of nitrogens with zero attached hydrogens (tertiary/aromatic N) is 1. The number of benzene rings is 1. The quantitative estimate of drug-likeness (QED) is 0.738. The van der Waals surface area contributed by atoms with Crippen molar-refractivity contribution in [2.75, 3.05) is 31.6 Å². The summed E-state index contributed by atoms with van der Waals surface area (Å²) in [6, 6.07) is 8.60. The van der Waals surface area contributed by atoms with Crippen LogP contribution < -0.4 is 10.2 Å². The van der Waals surface area contributed by atoms with E-state index in [9.17, 15) is 0 Å². The molecule has 0 bridgehead atoms. The molecule has 0 unspecified atom stereocenters. The van der Waals surface area contributed by atoms with Crippen molar-refractivity contribution >= 4 is 5.69 Å². The van der Waals surface area contributed by atoms with Gasteiger partial charge in [-0.25, -0.2) is 0 Å². The second-order valence-electron chi connectivity index (χ2n) is 4.13. The molecule has 0 aliphatic rings. The highest BCUT2D eigenvalue weighted by Gasteiger charge is 2.05. The predicted molar refractivity (Wildman–Crippen MR) is 72.1 cm³/mol. The summed E-state index contributed by atoms with van der Waals surface area (Å²) in [5.74, 6) is 0. The third-order valence-corrected chi connectivity index (χ3v) is 2.59. The molecule has 1 rings (SSSR count). The van der Waals surface area contributed by atoms with Crippen molar-refractivity contribution in [1.82, 2.24) is 5.32 Å². The van der Waals surface area contributed by atoms with Crippen molar-refractivity contribution in [2.45, 2.75) is 13.8 Å². The minimum atomic E-state index is 0.877. The van der Waals surface area contributed by atoms with Gasteiger partial charge in [0.25, 0.3) is 0 Å². The minimum Gasteiger partial charge on any atom is -0.368 e. The fourth-order valence-electron chi connectivity index (χ4n) is 1.79. The molecule has 1 aromatic rings. The number of hydrogen-bond donors (Lipinski definition) is 1. The molecule has 0 saturated carbocycles. The maximum Gasteiger partial charge on any atom is 0.0398 e. The van der Waals surface area contributed by atoms with Crippen LogP contribution in [-0.2, 0) is 0 Å². The number of rotatable bonds is 6. The van der Waals surface area contributed by atoms with Crippen LogP contribution >= 0.6 is 0 Å². The summed E-state index contributed by atoms with van der Waals surface area (Å²) in [7, 11) is 1.95. The first-order valence-electron chi connectivity index (χ1n) is 5.80. The third kappa shape index (κ3) is 3.70. The Balaban J connectivity index is 2.70. The van der Waals surface area contributed by atoms with Crippen molar-refractivity contribution in [3.63, 3.8) is 0 Å². The lowest BCUT2D eigenvalue weighted by Crippen LogP contribution is -2.28. The van der Waals surface area contributed by atoms with Gasteiger partial charge in [0.15, 0.2) is 0 Å². The van der Waals surface area contributed by atoms with Gasteiger partial charge in [0.05, 0.1) is 0 Å². The second kappa shape index (κ2) is 6.33. The highest BCUT2D eigenvalue weighted by molar-refractivity contribution is 5.49. The van der Waals surface area contributed by atoms with E-state index < -0.39 is 0 Å². The van der Waals surface area contributed by atoms with Crippen LogP contribution in [-0.4, -0.2) is 26.7 Å². The number of likely N-dealkylation sites (N-methyl/N-ethyl adjacent to an activating group) is 2. The molecule has 88 valence electrons. The van der Waals surface area contributed by atoms with Gasteiger partial charge in [0, 0.05) is 25.3 Å². The lowest BCUT2D eigenvalue weighted by atomic mass is 10.2. The van der Waals surface area contributed by atoms with Crippen LogP contribution in [0.1, 0.15) is 12.5 Å². The van der Waals surface area contributed by atoms with Crippen LogP contribution in [0.15, 0.2) is 36.4 Å². The molecule has 0 spiro atoms. The lowest BCUT2D eigenvalue weighted by molar-refractivity contribution is 0.810. The zero-order chi connectivity index (χ0) is 12.0. The van der Waals surface area contributed by atoms with Gasteiger partial charge in [-0.3, -0.25) is 0 Å². The summed E-state index contributed by atoms with van der Waals surface area (Å²) in [4.78, 5) is 2.34. The number of nitrogens with one attached hydrogen (secondary N) is 1.